The Morgan fingerprint density at radius 1 is 1.27 bits per heavy atom. The molecule has 0 N–H and O–H groups in total. The summed E-state index contributed by atoms with van der Waals surface area (Å²) in [6.45, 7) is 9.62. The van der Waals surface area contributed by atoms with Crippen molar-refractivity contribution < 1.29 is 0 Å². The van der Waals surface area contributed by atoms with Crippen LogP contribution < -0.4 is 0 Å². The van der Waals surface area contributed by atoms with Crippen molar-refractivity contribution in [3.8, 4) is 0 Å². The van der Waals surface area contributed by atoms with Crippen LogP contribution in [-0.4, -0.2) is 24.0 Å². The number of likely N-dealkylation sites (tertiary alicyclic amines) is 1. The summed E-state index contributed by atoms with van der Waals surface area (Å²) in [6.07, 6.45) is 4.27. The Labute approximate surface area is 70.8 Å². The van der Waals surface area contributed by atoms with Crippen LogP contribution in [0.4, 0.5) is 0 Å². The van der Waals surface area contributed by atoms with Crippen molar-refractivity contribution >= 4 is 0 Å². The largest absolute Gasteiger partial charge is 0.301 e. The molecule has 1 aliphatic rings. The second kappa shape index (κ2) is 4.10. The van der Waals surface area contributed by atoms with Crippen molar-refractivity contribution in [2.45, 2.75) is 46.1 Å². The van der Waals surface area contributed by atoms with E-state index in [1.54, 1.807) is 0 Å². The van der Waals surface area contributed by atoms with Gasteiger partial charge in [-0.05, 0) is 39.2 Å². The lowest BCUT2D eigenvalue weighted by Gasteiger charge is -2.26. The van der Waals surface area contributed by atoms with Crippen LogP contribution in [0.25, 0.3) is 0 Å². The molecule has 0 radical (unpaired) electrons. The Hall–Kier alpha value is -0.0400. The highest BCUT2D eigenvalue weighted by Crippen LogP contribution is 2.16. The van der Waals surface area contributed by atoms with Crippen LogP contribution >= 0.6 is 0 Å². The third kappa shape index (κ3) is 2.82. The molecule has 1 nitrogen and oxygen atoms in total. The summed E-state index contributed by atoms with van der Waals surface area (Å²) in [5, 5.41) is 0. The van der Waals surface area contributed by atoms with Crippen LogP contribution in [0.3, 0.4) is 0 Å². The molecule has 0 spiro atoms. The van der Waals surface area contributed by atoms with Crippen LogP contribution in [0.15, 0.2) is 0 Å². The molecule has 1 rings (SSSR count). The van der Waals surface area contributed by atoms with Gasteiger partial charge >= 0.3 is 0 Å². The highest BCUT2D eigenvalue weighted by Gasteiger charge is 2.15. The number of nitrogens with zero attached hydrogens (tertiary/aromatic N) is 1. The minimum Gasteiger partial charge on any atom is -0.301 e. The van der Waals surface area contributed by atoms with Gasteiger partial charge < -0.3 is 4.90 Å². The predicted molar refractivity (Wildman–Crippen MR) is 49.7 cm³/mol. The lowest BCUT2D eigenvalue weighted by molar-refractivity contribution is 0.208. The van der Waals surface area contributed by atoms with Gasteiger partial charge in [-0.2, -0.15) is 0 Å². The molecule has 66 valence electrons. The molecule has 0 amide bonds. The van der Waals surface area contributed by atoms with E-state index in [0.29, 0.717) is 0 Å². The lowest BCUT2D eigenvalue weighted by atomic mass is 10.1. The fourth-order valence-corrected chi connectivity index (χ4v) is 1.86. The Morgan fingerprint density at radius 2 is 2.00 bits per heavy atom. The summed E-state index contributed by atoms with van der Waals surface area (Å²) >= 11 is 0. The zero-order valence-corrected chi connectivity index (χ0v) is 8.14. The van der Waals surface area contributed by atoms with E-state index in [0.717, 1.165) is 12.0 Å². The monoisotopic (exact) mass is 155 g/mol. The first-order valence-corrected chi connectivity index (χ1v) is 4.94. The summed E-state index contributed by atoms with van der Waals surface area (Å²) in [5.74, 6) is 0.917. The average molecular weight is 155 g/mol. The van der Waals surface area contributed by atoms with Gasteiger partial charge in [-0.25, -0.2) is 0 Å². The summed E-state index contributed by atoms with van der Waals surface area (Å²) in [5.41, 5.74) is 0. The molecule has 1 atom stereocenters. The summed E-state index contributed by atoms with van der Waals surface area (Å²) in [7, 11) is 0. The summed E-state index contributed by atoms with van der Waals surface area (Å²) in [4.78, 5) is 2.61. The Kier molecular flexibility index (Phi) is 3.38. The van der Waals surface area contributed by atoms with E-state index in [9.17, 15) is 0 Å². The van der Waals surface area contributed by atoms with E-state index in [4.69, 9.17) is 0 Å². The summed E-state index contributed by atoms with van der Waals surface area (Å²) < 4.78 is 0. The molecule has 0 aromatic carbocycles. The van der Waals surface area contributed by atoms with Crippen LogP contribution in [-0.2, 0) is 0 Å². The van der Waals surface area contributed by atoms with Gasteiger partial charge in [-0.3, -0.25) is 0 Å². The number of rotatable bonds is 1. The molecular formula is C10H21N. The first kappa shape index (κ1) is 9.05. The maximum atomic E-state index is 2.61. The maximum Gasteiger partial charge on any atom is 0.00387 e. The Bertz CT molecular complexity index is 109. The highest BCUT2D eigenvalue weighted by molar-refractivity contribution is 4.70. The molecule has 0 aromatic rings. The quantitative estimate of drug-likeness (QED) is 0.562. The molecule has 0 aromatic heterocycles. The smallest absolute Gasteiger partial charge is 0.00387 e. The molecule has 1 heterocycles. The zero-order valence-electron chi connectivity index (χ0n) is 8.14. The number of hydrogen-bond acceptors (Lipinski definition) is 1. The Balaban J connectivity index is 2.39. The molecule has 0 saturated carbocycles. The molecule has 11 heavy (non-hydrogen) atoms. The van der Waals surface area contributed by atoms with E-state index >= 15 is 0 Å². The fraction of sp³-hybridized carbons (Fsp3) is 1.00. The standard InChI is InChI=1S/C10H21N/c1-9(2)11-7-5-4-6-10(3)8-11/h9-10H,4-8H2,1-3H3/t10-/m0/s1. The van der Waals surface area contributed by atoms with E-state index in [2.05, 4.69) is 25.7 Å². The topological polar surface area (TPSA) is 3.24 Å². The highest BCUT2D eigenvalue weighted by atomic mass is 15.1. The van der Waals surface area contributed by atoms with Gasteiger partial charge in [0.15, 0.2) is 0 Å². The van der Waals surface area contributed by atoms with Gasteiger partial charge in [-0.15, -0.1) is 0 Å². The fourth-order valence-electron chi connectivity index (χ4n) is 1.86. The van der Waals surface area contributed by atoms with Crippen LogP contribution in [0.1, 0.15) is 40.0 Å². The molecule has 0 bridgehead atoms. The maximum absolute atomic E-state index is 2.61. The van der Waals surface area contributed by atoms with Gasteiger partial charge in [0.05, 0.1) is 0 Å². The van der Waals surface area contributed by atoms with E-state index < -0.39 is 0 Å². The van der Waals surface area contributed by atoms with Gasteiger partial charge in [0, 0.05) is 12.6 Å². The summed E-state index contributed by atoms with van der Waals surface area (Å²) in [6, 6.07) is 0.746. The van der Waals surface area contributed by atoms with Crippen molar-refractivity contribution in [3.05, 3.63) is 0 Å². The van der Waals surface area contributed by atoms with Crippen molar-refractivity contribution in [2.24, 2.45) is 5.92 Å². The van der Waals surface area contributed by atoms with Crippen LogP contribution in [0, 0.1) is 5.92 Å². The zero-order chi connectivity index (χ0) is 8.27. The minimum absolute atomic E-state index is 0.746. The molecule has 0 aliphatic carbocycles. The van der Waals surface area contributed by atoms with Crippen molar-refractivity contribution in [1.29, 1.82) is 0 Å². The van der Waals surface area contributed by atoms with Crippen molar-refractivity contribution in [1.82, 2.24) is 4.90 Å². The second-order valence-corrected chi connectivity index (χ2v) is 4.19. The van der Waals surface area contributed by atoms with Crippen molar-refractivity contribution in [2.75, 3.05) is 13.1 Å². The van der Waals surface area contributed by atoms with Gasteiger partial charge in [0.1, 0.15) is 0 Å². The van der Waals surface area contributed by atoms with E-state index in [1.807, 2.05) is 0 Å². The molecule has 1 heteroatoms. The predicted octanol–water partition coefficient (Wildman–Crippen LogP) is 2.52. The first-order chi connectivity index (χ1) is 5.20. The minimum atomic E-state index is 0.746. The van der Waals surface area contributed by atoms with Gasteiger partial charge in [-0.1, -0.05) is 13.3 Å². The van der Waals surface area contributed by atoms with Crippen LogP contribution in [0.2, 0.25) is 0 Å². The van der Waals surface area contributed by atoms with Gasteiger partial charge in [0.25, 0.3) is 0 Å². The number of hydrogen-bond donors (Lipinski definition) is 0. The lowest BCUT2D eigenvalue weighted by Crippen LogP contribution is -2.33. The third-order valence-electron chi connectivity index (χ3n) is 2.67. The van der Waals surface area contributed by atoms with Gasteiger partial charge in [0.2, 0.25) is 0 Å². The van der Waals surface area contributed by atoms with Crippen LogP contribution in [0.5, 0.6) is 0 Å². The molecule has 1 aliphatic heterocycles. The molecule has 0 unspecified atom stereocenters. The average Bonchev–Trinajstić information content (AvgIpc) is 2.13. The molecule has 1 saturated heterocycles. The second-order valence-electron chi connectivity index (χ2n) is 4.19. The first-order valence-electron chi connectivity index (χ1n) is 4.94. The normalized spacial score (nSPS) is 28.9. The van der Waals surface area contributed by atoms with Crippen molar-refractivity contribution in [3.63, 3.8) is 0 Å². The molecule has 1 fully saturated rings. The Morgan fingerprint density at radius 3 is 2.64 bits per heavy atom. The third-order valence-corrected chi connectivity index (χ3v) is 2.67. The van der Waals surface area contributed by atoms with E-state index in [1.165, 1.54) is 32.4 Å². The SMILES string of the molecule is CC(C)N1CCCC[C@H](C)C1. The molecular weight excluding hydrogens is 134 g/mol. The van der Waals surface area contributed by atoms with E-state index in [-0.39, 0.29) is 0 Å².